The van der Waals surface area contributed by atoms with E-state index in [9.17, 15) is 18.4 Å². The molecule has 27 heavy (non-hydrogen) atoms. The minimum absolute atomic E-state index is 0.0639. The van der Waals surface area contributed by atoms with E-state index in [2.05, 4.69) is 14.8 Å². The molecule has 1 heterocycles. The van der Waals surface area contributed by atoms with Crippen molar-refractivity contribution in [1.82, 2.24) is 14.8 Å². The Balaban J connectivity index is 1.56. The number of ether oxygens (including phenoxy) is 2. The molecule has 0 unspecified atom stereocenters. The summed E-state index contributed by atoms with van der Waals surface area (Å²) < 4.78 is 34.9. The molecule has 2 aromatic carbocycles. The number of carbonyl (C=O) groups excluding carboxylic acids is 2. The van der Waals surface area contributed by atoms with E-state index in [4.69, 9.17) is 4.74 Å². The van der Waals surface area contributed by atoms with Crippen LogP contribution in [0.3, 0.4) is 0 Å². The van der Waals surface area contributed by atoms with Crippen molar-refractivity contribution in [2.75, 3.05) is 6.61 Å². The van der Waals surface area contributed by atoms with Gasteiger partial charge in [-0.05, 0) is 48.5 Å². The van der Waals surface area contributed by atoms with Crippen molar-refractivity contribution in [3.8, 4) is 11.4 Å². The van der Waals surface area contributed by atoms with Crippen molar-refractivity contribution in [2.24, 2.45) is 0 Å². The van der Waals surface area contributed by atoms with Gasteiger partial charge in [-0.15, -0.1) is 0 Å². The lowest BCUT2D eigenvalue weighted by atomic mass is 10.1. The summed E-state index contributed by atoms with van der Waals surface area (Å²) in [6, 6.07) is 11.5. The number of aromatic nitrogens is 3. The van der Waals surface area contributed by atoms with E-state index in [1.807, 2.05) is 0 Å². The Labute approximate surface area is 152 Å². The zero-order valence-electron chi connectivity index (χ0n) is 13.8. The van der Waals surface area contributed by atoms with Gasteiger partial charge < -0.3 is 9.47 Å². The molecule has 0 atom stereocenters. The second-order valence-corrected chi connectivity index (χ2v) is 5.29. The van der Waals surface area contributed by atoms with Gasteiger partial charge in [0.1, 0.15) is 18.4 Å². The highest BCUT2D eigenvalue weighted by atomic mass is 19.3. The number of nitrogens with zero attached hydrogens (tertiary/aromatic N) is 3. The molecule has 0 saturated heterocycles. The number of ketones is 1. The molecule has 9 heteroatoms. The third-order valence-corrected chi connectivity index (χ3v) is 3.52. The fraction of sp³-hybridized carbons (Fsp3) is 0.111. The van der Waals surface area contributed by atoms with Crippen LogP contribution in [-0.4, -0.2) is 39.7 Å². The van der Waals surface area contributed by atoms with Gasteiger partial charge in [-0.1, -0.05) is 0 Å². The maximum atomic E-state index is 12.1. The van der Waals surface area contributed by atoms with E-state index in [1.165, 1.54) is 41.6 Å². The van der Waals surface area contributed by atoms with Crippen LogP contribution in [0.15, 0.2) is 61.2 Å². The lowest BCUT2D eigenvalue weighted by molar-refractivity contribution is -0.0498. The number of alkyl halides is 2. The standard InChI is InChI=1S/C18H13F2N3O4/c19-18(20)27-15-7-3-12(4-8-15)16(24)9-26-17(25)13-1-5-14(6-2-13)23-11-21-10-22-23/h1-8,10-11,18H,9H2. The average molecular weight is 373 g/mol. The molecule has 0 aliphatic carbocycles. The van der Waals surface area contributed by atoms with Crippen LogP contribution in [0.5, 0.6) is 5.75 Å². The number of benzene rings is 2. The summed E-state index contributed by atoms with van der Waals surface area (Å²) in [6.45, 7) is -3.41. The summed E-state index contributed by atoms with van der Waals surface area (Å²) in [6.07, 6.45) is 2.91. The molecule has 0 amide bonds. The predicted octanol–water partition coefficient (Wildman–Crippen LogP) is 2.91. The first-order valence-corrected chi connectivity index (χ1v) is 7.73. The molecule has 0 N–H and O–H groups in total. The Hall–Kier alpha value is -3.62. The molecule has 3 rings (SSSR count). The van der Waals surface area contributed by atoms with Gasteiger partial charge in [0.05, 0.1) is 11.3 Å². The van der Waals surface area contributed by atoms with Crippen LogP contribution in [0.4, 0.5) is 8.78 Å². The van der Waals surface area contributed by atoms with Gasteiger partial charge in [0.2, 0.25) is 0 Å². The van der Waals surface area contributed by atoms with Gasteiger partial charge in [0, 0.05) is 5.56 Å². The first-order chi connectivity index (χ1) is 13.0. The van der Waals surface area contributed by atoms with E-state index in [0.29, 0.717) is 5.69 Å². The third-order valence-electron chi connectivity index (χ3n) is 3.52. The van der Waals surface area contributed by atoms with Gasteiger partial charge in [0.15, 0.2) is 12.4 Å². The maximum absolute atomic E-state index is 12.1. The van der Waals surface area contributed by atoms with E-state index in [0.717, 1.165) is 0 Å². The van der Waals surface area contributed by atoms with Crippen molar-refractivity contribution < 1.29 is 27.8 Å². The summed E-state index contributed by atoms with van der Waals surface area (Å²) in [4.78, 5) is 27.9. The molecule has 0 saturated carbocycles. The highest BCUT2D eigenvalue weighted by Gasteiger charge is 2.13. The number of Topliss-reactive ketones (excluding diaryl/α,β-unsaturated/α-hetero) is 1. The molecule has 0 spiro atoms. The summed E-state index contributed by atoms with van der Waals surface area (Å²) in [5, 5.41) is 3.97. The number of hydrogen-bond donors (Lipinski definition) is 0. The summed E-state index contributed by atoms with van der Waals surface area (Å²) in [5.41, 5.74) is 1.20. The maximum Gasteiger partial charge on any atom is 0.387 e. The normalized spacial score (nSPS) is 10.6. The van der Waals surface area contributed by atoms with Crippen molar-refractivity contribution in [3.05, 3.63) is 72.3 Å². The van der Waals surface area contributed by atoms with Crippen LogP contribution < -0.4 is 4.74 Å². The van der Waals surface area contributed by atoms with Gasteiger partial charge >= 0.3 is 12.6 Å². The Morgan fingerprint density at radius 2 is 1.67 bits per heavy atom. The molecular formula is C18H13F2N3O4. The van der Waals surface area contributed by atoms with Crippen LogP contribution in [0, 0.1) is 0 Å². The van der Waals surface area contributed by atoms with E-state index >= 15 is 0 Å². The minimum atomic E-state index is -2.94. The van der Waals surface area contributed by atoms with E-state index in [-0.39, 0.29) is 16.9 Å². The Kier molecular flexibility index (Phi) is 5.50. The first-order valence-electron chi connectivity index (χ1n) is 7.73. The van der Waals surface area contributed by atoms with Crippen molar-refractivity contribution in [2.45, 2.75) is 6.61 Å². The summed E-state index contributed by atoms with van der Waals surface area (Å²) in [5.74, 6) is -1.19. The van der Waals surface area contributed by atoms with Crippen molar-refractivity contribution >= 4 is 11.8 Å². The molecule has 0 radical (unpaired) electrons. The fourth-order valence-electron chi connectivity index (χ4n) is 2.21. The number of hydrogen-bond acceptors (Lipinski definition) is 6. The second-order valence-electron chi connectivity index (χ2n) is 5.29. The molecule has 0 aliphatic rings. The zero-order chi connectivity index (χ0) is 19.2. The van der Waals surface area contributed by atoms with Gasteiger partial charge in [-0.2, -0.15) is 13.9 Å². The predicted molar refractivity (Wildman–Crippen MR) is 89.0 cm³/mol. The average Bonchev–Trinajstić information content (AvgIpc) is 3.21. The number of esters is 1. The van der Waals surface area contributed by atoms with Crippen LogP contribution in [0.1, 0.15) is 20.7 Å². The largest absolute Gasteiger partial charge is 0.454 e. The highest BCUT2D eigenvalue weighted by Crippen LogP contribution is 2.15. The van der Waals surface area contributed by atoms with Crippen LogP contribution in [0.25, 0.3) is 5.69 Å². The summed E-state index contributed by atoms with van der Waals surface area (Å²) in [7, 11) is 0. The molecule has 1 aromatic heterocycles. The number of halogens is 2. The molecule has 0 bridgehead atoms. The quantitative estimate of drug-likeness (QED) is 0.468. The van der Waals surface area contributed by atoms with Crippen LogP contribution in [0.2, 0.25) is 0 Å². The molecule has 3 aromatic rings. The van der Waals surface area contributed by atoms with Gasteiger partial charge in [-0.25, -0.2) is 14.5 Å². The first kappa shape index (κ1) is 18.2. The zero-order valence-corrected chi connectivity index (χ0v) is 13.8. The van der Waals surface area contributed by atoms with Gasteiger partial charge in [0.25, 0.3) is 0 Å². The lowest BCUT2D eigenvalue weighted by Gasteiger charge is -2.07. The monoisotopic (exact) mass is 373 g/mol. The number of rotatable bonds is 7. The van der Waals surface area contributed by atoms with Crippen LogP contribution >= 0.6 is 0 Å². The Morgan fingerprint density at radius 1 is 1.00 bits per heavy atom. The minimum Gasteiger partial charge on any atom is -0.454 e. The molecule has 138 valence electrons. The molecular weight excluding hydrogens is 360 g/mol. The lowest BCUT2D eigenvalue weighted by Crippen LogP contribution is -2.14. The molecule has 7 nitrogen and oxygen atoms in total. The fourth-order valence-corrected chi connectivity index (χ4v) is 2.21. The topological polar surface area (TPSA) is 83.3 Å². The SMILES string of the molecule is O=C(COC(=O)c1ccc(-n2cncn2)cc1)c1ccc(OC(F)F)cc1. The third kappa shape index (κ3) is 4.72. The van der Waals surface area contributed by atoms with Crippen molar-refractivity contribution in [3.63, 3.8) is 0 Å². The van der Waals surface area contributed by atoms with E-state index < -0.39 is 25.0 Å². The Morgan fingerprint density at radius 3 is 2.26 bits per heavy atom. The summed E-state index contributed by atoms with van der Waals surface area (Å²) >= 11 is 0. The van der Waals surface area contributed by atoms with Crippen molar-refractivity contribution in [1.29, 1.82) is 0 Å². The smallest absolute Gasteiger partial charge is 0.387 e. The molecule has 0 aliphatic heterocycles. The Bertz CT molecular complexity index is 911. The highest BCUT2D eigenvalue weighted by molar-refractivity contribution is 5.99. The van der Waals surface area contributed by atoms with E-state index in [1.54, 1.807) is 24.3 Å². The molecule has 0 fully saturated rings. The second kappa shape index (κ2) is 8.17. The van der Waals surface area contributed by atoms with Crippen LogP contribution in [-0.2, 0) is 4.74 Å². The van der Waals surface area contributed by atoms with Gasteiger partial charge in [-0.3, -0.25) is 4.79 Å². The number of carbonyl (C=O) groups is 2.